The van der Waals surface area contributed by atoms with Crippen LogP contribution in [-0.4, -0.2) is 9.55 Å². The quantitative estimate of drug-likeness (QED) is 0.442. The molecule has 1 heterocycles. The van der Waals surface area contributed by atoms with Crippen molar-refractivity contribution in [1.82, 2.24) is 9.55 Å². The average molecular weight is 430 g/mol. The van der Waals surface area contributed by atoms with Gasteiger partial charge in [-0.2, -0.15) is 18.2 Å². The highest BCUT2D eigenvalue weighted by molar-refractivity contribution is 6.30. The first-order valence-corrected chi connectivity index (χ1v) is 9.37. The Hall–Kier alpha value is -3.32. The van der Waals surface area contributed by atoms with Gasteiger partial charge in [-0.25, -0.2) is 0 Å². The van der Waals surface area contributed by atoms with Crippen LogP contribution in [0.25, 0.3) is 10.9 Å². The van der Waals surface area contributed by atoms with E-state index >= 15 is 0 Å². The van der Waals surface area contributed by atoms with Crippen LogP contribution in [0.15, 0.2) is 77.6 Å². The van der Waals surface area contributed by atoms with E-state index in [1.165, 1.54) is 6.07 Å². The zero-order valence-corrected chi connectivity index (χ0v) is 16.2. The van der Waals surface area contributed by atoms with Crippen molar-refractivity contribution < 1.29 is 13.2 Å². The Kier molecular flexibility index (Phi) is 5.22. The van der Waals surface area contributed by atoms with Crippen molar-refractivity contribution in [3.8, 4) is 0 Å². The maximum Gasteiger partial charge on any atom is 0.416 e. The number of rotatable bonds is 4. The van der Waals surface area contributed by atoms with E-state index in [9.17, 15) is 18.0 Å². The molecule has 30 heavy (non-hydrogen) atoms. The third-order valence-corrected chi connectivity index (χ3v) is 4.84. The second-order valence-corrected chi connectivity index (χ2v) is 7.11. The van der Waals surface area contributed by atoms with Gasteiger partial charge in [-0.15, -0.1) is 0 Å². The topological polar surface area (TPSA) is 46.9 Å². The molecule has 0 aliphatic rings. The van der Waals surface area contributed by atoms with Gasteiger partial charge in [0.05, 0.1) is 23.0 Å². The number of nitrogens with zero attached hydrogens (tertiary/aromatic N) is 2. The van der Waals surface area contributed by atoms with Crippen LogP contribution in [-0.2, 0) is 12.7 Å². The number of aromatic nitrogens is 2. The summed E-state index contributed by atoms with van der Waals surface area (Å²) in [6, 6.07) is 19.3. The van der Waals surface area contributed by atoms with E-state index in [0.29, 0.717) is 16.2 Å². The van der Waals surface area contributed by atoms with Crippen molar-refractivity contribution in [3.63, 3.8) is 0 Å². The normalized spacial score (nSPS) is 11.6. The lowest BCUT2D eigenvalue weighted by molar-refractivity contribution is -0.137. The summed E-state index contributed by atoms with van der Waals surface area (Å²) in [5.74, 6) is 0.230. The molecule has 0 amide bonds. The minimum absolute atomic E-state index is 0.0996. The lowest BCUT2D eigenvalue weighted by Crippen LogP contribution is -2.19. The van der Waals surface area contributed by atoms with Crippen LogP contribution in [0.5, 0.6) is 0 Å². The van der Waals surface area contributed by atoms with E-state index in [1.807, 2.05) is 30.3 Å². The Labute approximate surface area is 174 Å². The number of halogens is 4. The molecular weight excluding hydrogens is 415 g/mol. The Balaban J connectivity index is 1.90. The van der Waals surface area contributed by atoms with Crippen LogP contribution in [0.1, 0.15) is 11.1 Å². The van der Waals surface area contributed by atoms with Gasteiger partial charge in [0.2, 0.25) is 5.95 Å². The summed E-state index contributed by atoms with van der Waals surface area (Å²) < 4.78 is 41.1. The zero-order valence-electron chi connectivity index (χ0n) is 15.4. The molecule has 0 radical (unpaired) electrons. The van der Waals surface area contributed by atoms with Crippen molar-refractivity contribution in [2.75, 3.05) is 5.32 Å². The van der Waals surface area contributed by atoms with Crippen molar-refractivity contribution in [2.24, 2.45) is 0 Å². The largest absolute Gasteiger partial charge is 0.416 e. The predicted octanol–water partition coefficient (Wildman–Crippen LogP) is 5.86. The highest BCUT2D eigenvalue weighted by Crippen LogP contribution is 2.31. The lowest BCUT2D eigenvalue weighted by atomic mass is 10.1. The van der Waals surface area contributed by atoms with E-state index in [1.54, 1.807) is 28.8 Å². The molecule has 152 valence electrons. The number of hydrogen-bond acceptors (Lipinski definition) is 3. The molecule has 4 aromatic rings. The Morgan fingerprint density at radius 1 is 0.967 bits per heavy atom. The third-order valence-electron chi connectivity index (χ3n) is 4.59. The Morgan fingerprint density at radius 3 is 2.33 bits per heavy atom. The van der Waals surface area contributed by atoms with E-state index in [4.69, 9.17) is 11.6 Å². The maximum absolute atomic E-state index is 13.1. The van der Waals surface area contributed by atoms with E-state index < -0.39 is 17.3 Å². The monoisotopic (exact) mass is 429 g/mol. The van der Waals surface area contributed by atoms with Crippen LogP contribution in [0.4, 0.5) is 24.8 Å². The van der Waals surface area contributed by atoms with Gasteiger partial charge in [-0.3, -0.25) is 4.79 Å². The molecule has 4 rings (SSSR count). The summed E-state index contributed by atoms with van der Waals surface area (Å²) in [5, 5.41) is 3.55. The van der Waals surface area contributed by atoms with Gasteiger partial charge in [0, 0.05) is 10.7 Å². The number of anilines is 2. The lowest BCUT2D eigenvalue weighted by Gasteiger charge is -2.18. The minimum Gasteiger partial charge on any atom is -0.325 e. The molecule has 1 aromatic heterocycles. The van der Waals surface area contributed by atoms with Crippen LogP contribution >= 0.6 is 11.6 Å². The number of alkyl halides is 3. The van der Waals surface area contributed by atoms with Gasteiger partial charge in [-0.1, -0.05) is 41.9 Å². The molecule has 3 aromatic carbocycles. The smallest absolute Gasteiger partial charge is 0.325 e. The third kappa shape index (κ3) is 4.16. The maximum atomic E-state index is 13.1. The highest BCUT2D eigenvalue weighted by atomic mass is 35.5. The number of nitrogens with one attached hydrogen (secondary N) is 1. The summed E-state index contributed by atoms with van der Waals surface area (Å²) in [4.78, 5) is 16.6. The molecule has 0 fully saturated rings. The fraction of sp³-hybridized carbons (Fsp3) is 0.0909. The fourth-order valence-corrected chi connectivity index (χ4v) is 3.25. The second-order valence-electron chi connectivity index (χ2n) is 6.67. The standard InChI is InChI=1S/C22H15ClF3N3O/c23-16-9-6-14(7-10-16)13-29-19-11-8-15(22(24,25)26)12-18(19)20(30)28-21(29)27-17-4-2-1-3-5-17/h1-12H,13H2,(H,27,28,30). The molecule has 8 heteroatoms. The summed E-state index contributed by atoms with van der Waals surface area (Å²) in [5.41, 5.74) is 0.261. The molecule has 0 atom stereocenters. The molecule has 0 spiro atoms. The van der Waals surface area contributed by atoms with E-state index in [2.05, 4.69) is 10.3 Å². The van der Waals surface area contributed by atoms with Crippen LogP contribution in [0.2, 0.25) is 5.02 Å². The van der Waals surface area contributed by atoms with Crippen molar-refractivity contribution in [2.45, 2.75) is 12.7 Å². The van der Waals surface area contributed by atoms with Crippen LogP contribution in [0, 0.1) is 0 Å². The number of fused-ring (bicyclic) bond motifs is 1. The molecule has 0 bridgehead atoms. The fourth-order valence-electron chi connectivity index (χ4n) is 3.13. The molecule has 4 nitrogen and oxygen atoms in total. The van der Waals surface area contributed by atoms with Crippen LogP contribution < -0.4 is 10.9 Å². The predicted molar refractivity (Wildman–Crippen MR) is 111 cm³/mol. The number of para-hydroxylation sites is 1. The van der Waals surface area contributed by atoms with Gasteiger partial charge in [-0.05, 0) is 48.0 Å². The number of hydrogen-bond donors (Lipinski definition) is 1. The first-order chi connectivity index (χ1) is 14.3. The van der Waals surface area contributed by atoms with Gasteiger partial charge < -0.3 is 9.88 Å². The molecule has 0 unspecified atom stereocenters. The Bertz CT molecular complexity index is 1250. The van der Waals surface area contributed by atoms with Gasteiger partial charge in [0.1, 0.15) is 0 Å². The molecule has 1 N–H and O–H groups in total. The zero-order chi connectivity index (χ0) is 21.3. The van der Waals surface area contributed by atoms with Gasteiger partial charge in [0.15, 0.2) is 0 Å². The van der Waals surface area contributed by atoms with Crippen molar-refractivity contribution >= 4 is 34.1 Å². The molecule has 0 saturated heterocycles. The highest BCUT2D eigenvalue weighted by Gasteiger charge is 2.31. The minimum atomic E-state index is -4.55. The van der Waals surface area contributed by atoms with Crippen molar-refractivity contribution in [1.29, 1.82) is 0 Å². The first-order valence-electron chi connectivity index (χ1n) is 8.99. The molecule has 0 aliphatic carbocycles. The van der Waals surface area contributed by atoms with Gasteiger partial charge >= 0.3 is 6.18 Å². The number of benzene rings is 3. The van der Waals surface area contributed by atoms with Crippen LogP contribution in [0.3, 0.4) is 0 Å². The summed E-state index contributed by atoms with van der Waals surface area (Å²) in [6.45, 7) is 0.279. The van der Waals surface area contributed by atoms with Crippen molar-refractivity contribution in [3.05, 3.63) is 99.3 Å². The first kappa shape index (κ1) is 20.0. The van der Waals surface area contributed by atoms with E-state index in [0.717, 1.165) is 17.7 Å². The molecule has 0 saturated carbocycles. The molecular formula is C22H15ClF3N3O. The Morgan fingerprint density at radius 2 is 1.67 bits per heavy atom. The summed E-state index contributed by atoms with van der Waals surface area (Å²) in [6.07, 6.45) is -4.55. The summed E-state index contributed by atoms with van der Waals surface area (Å²) >= 11 is 5.95. The summed E-state index contributed by atoms with van der Waals surface area (Å²) in [7, 11) is 0. The molecule has 0 aliphatic heterocycles. The second kappa shape index (κ2) is 7.84. The SMILES string of the molecule is O=c1nc(Nc2ccccc2)n(Cc2ccc(Cl)cc2)c2ccc(C(F)(F)F)cc12. The average Bonchev–Trinajstić information content (AvgIpc) is 2.72. The van der Waals surface area contributed by atoms with Gasteiger partial charge in [0.25, 0.3) is 5.56 Å². The van der Waals surface area contributed by atoms with E-state index in [-0.39, 0.29) is 17.9 Å².